The third-order valence-corrected chi connectivity index (χ3v) is 5.85. The summed E-state index contributed by atoms with van der Waals surface area (Å²) in [6.45, 7) is 0.106. The van der Waals surface area contributed by atoms with Crippen LogP contribution in [0.25, 0.3) is 6.08 Å². The summed E-state index contributed by atoms with van der Waals surface area (Å²) >= 11 is 6.11. The van der Waals surface area contributed by atoms with Crippen LogP contribution in [-0.2, 0) is 14.8 Å². The number of benzene rings is 2. The number of nitrogens with one attached hydrogen (secondary N) is 1. The molecule has 0 radical (unpaired) electrons. The number of carbonyl (C=O) groups excluding carboxylic acids is 1. The molecule has 0 aliphatic carbocycles. The standard InChI is InChI=1S/C18H17ClN2O5S/c1-21(2)27(23,24)14-5-3-4-13(10-14)20-17(22)7-6-12-8-15(19)18-16(9-12)25-11-26-18/h3-10H,11H2,1-2H3,(H,20,22)/b7-6+. The van der Waals surface area contributed by atoms with Crippen LogP contribution < -0.4 is 14.8 Å². The largest absolute Gasteiger partial charge is 0.454 e. The molecule has 0 atom stereocenters. The molecule has 9 heteroatoms. The lowest BCUT2D eigenvalue weighted by Crippen LogP contribution is -2.22. The Morgan fingerprint density at radius 3 is 2.74 bits per heavy atom. The number of rotatable bonds is 5. The first kappa shape index (κ1) is 19.2. The zero-order chi connectivity index (χ0) is 19.6. The average Bonchev–Trinajstić information content (AvgIpc) is 3.09. The van der Waals surface area contributed by atoms with Gasteiger partial charge in [-0.05, 0) is 42.0 Å². The molecule has 0 fully saturated rings. The van der Waals surface area contributed by atoms with Gasteiger partial charge in [-0.25, -0.2) is 12.7 Å². The molecule has 0 saturated carbocycles. The van der Waals surface area contributed by atoms with Gasteiger partial charge < -0.3 is 14.8 Å². The zero-order valence-corrected chi connectivity index (χ0v) is 16.2. The summed E-state index contributed by atoms with van der Waals surface area (Å²) in [5, 5.41) is 3.03. The van der Waals surface area contributed by atoms with Gasteiger partial charge >= 0.3 is 0 Å². The maximum atomic E-state index is 12.2. The number of nitrogens with zero attached hydrogens (tertiary/aromatic N) is 1. The van der Waals surface area contributed by atoms with Crippen LogP contribution >= 0.6 is 11.6 Å². The molecular weight excluding hydrogens is 392 g/mol. The summed E-state index contributed by atoms with van der Waals surface area (Å²) < 4.78 is 36.0. The van der Waals surface area contributed by atoms with Crippen molar-refractivity contribution in [3.05, 3.63) is 53.1 Å². The van der Waals surface area contributed by atoms with Gasteiger partial charge in [0.2, 0.25) is 22.7 Å². The van der Waals surface area contributed by atoms with Crippen LogP contribution in [0.4, 0.5) is 5.69 Å². The van der Waals surface area contributed by atoms with E-state index in [2.05, 4.69) is 5.32 Å². The Hall–Kier alpha value is -2.55. The van der Waals surface area contributed by atoms with Crippen LogP contribution in [0, 0.1) is 0 Å². The Morgan fingerprint density at radius 1 is 1.22 bits per heavy atom. The number of sulfonamides is 1. The molecule has 1 heterocycles. The molecule has 0 aromatic heterocycles. The Morgan fingerprint density at radius 2 is 2.00 bits per heavy atom. The predicted molar refractivity (Wildman–Crippen MR) is 103 cm³/mol. The fraction of sp³-hybridized carbons (Fsp3) is 0.167. The van der Waals surface area contributed by atoms with Crippen molar-refractivity contribution in [1.82, 2.24) is 4.31 Å². The van der Waals surface area contributed by atoms with E-state index in [1.165, 1.54) is 32.3 Å². The first-order chi connectivity index (χ1) is 12.8. The minimum Gasteiger partial charge on any atom is -0.454 e. The molecule has 0 saturated heterocycles. The second kappa shape index (κ2) is 7.59. The van der Waals surface area contributed by atoms with E-state index >= 15 is 0 Å². The number of anilines is 1. The van der Waals surface area contributed by atoms with Gasteiger partial charge in [-0.15, -0.1) is 0 Å². The molecule has 27 heavy (non-hydrogen) atoms. The second-order valence-electron chi connectivity index (χ2n) is 5.87. The van der Waals surface area contributed by atoms with Crippen molar-refractivity contribution in [2.45, 2.75) is 4.90 Å². The summed E-state index contributed by atoms with van der Waals surface area (Å²) in [4.78, 5) is 12.2. The lowest BCUT2D eigenvalue weighted by molar-refractivity contribution is -0.111. The van der Waals surface area contributed by atoms with E-state index in [-0.39, 0.29) is 11.7 Å². The molecule has 0 unspecified atom stereocenters. The second-order valence-corrected chi connectivity index (χ2v) is 8.43. The van der Waals surface area contributed by atoms with Gasteiger partial charge in [-0.3, -0.25) is 4.79 Å². The number of halogens is 1. The van der Waals surface area contributed by atoms with Gasteiger partial charge in [-0.1, -0.05) is 17.7 Å². The van der Waals surface area contributed by atoms with Crippen molar-refractivity contribution in [2.75, 3.05) is 26.2 Å². The maximum absolute atomic E-state index is 12.2. The summed E-state index contributed by atoms with van der Waals surface area (Å²) in [6.07, 6.45) is 2.89. The lowest BCUT2D eigenvalue weighted by Gasteiger charge is -2.12. The number of hydrogen-bond acceptors (Lipinski definition) is 5. The molecule has 1 aliphatic rings. The van der Waals surface area contributed by atoms with E-state index in [0.717, 1.165) is 4.31 Å². The van der Waals surface area contributed by atoms with Crippen molar-refractivity contribution < 1.29 is 22.7 Å². The molecule has 7 nitrogen and oxygen atoms in total. The molecule has 2 aromatic carbocycles. The average molecular weight is 409 g/mol. The normalized spacial score (nSPS) is 13.3. The smallest absolute Gasteiger partial charge is 0.248 e. The lowest BCUT2D eigenvalue weighted by atomic mass is 10.2. The maximum Gasteiger partial charge on any atom is 0.248 e. The number of fused-ring (bicyclic) bond motifs is 1. The first-order valence-corrected chi connectivity index (χ1v) is 9.70. The molecule has 2 aromatic rings. The van der Waals surface area contributed by atoms with Crippen molar-refractivity contribution in [3.63, 3.8) is 0 Å². The van der Waals surface area contributed by atoms with Gasteiger partial charge in [0.1, 0.15) is 0 Å². The van der Waals surface area contributed by atoms with Crippen LogP contribution in [0.5, 0.6) is 11.5 Å². The number of amides is 1. The Bertz CT molecular complexity index is 1020. The topological polar surface area (TPSA) is 84.9 Å². The number of hydrogen-bond donors (Lipinski definition) is 1. The minimum atomic E-state index is -3.58. The SMILES string of the molecule is CN(C)S(=O)(=O)c1cccc(NC(=O)/C=C/c2cc(Cl)c3c(c2)OCO3)c1. The fourth-order valence-corrected chi connectivity index (χ4v) is 3.61. The molecule has 142 valence electrons. The van der Waals surface area contributed by atoms with Crippen molar-refractivity contribution >= 4 is 39.3 Å². The monoisotopic (exact) mass is 408 g/mol. The van der Waals surface area contributed by atoms with Gasteiger partial charge in [0.25, 0.3) is 0 Å². The van der Waals surface area contributed by atoms with E-state index in [1.807, 2.05) is 0 Å². The highest BCUT2D eigenvalue weighted by Crippen LogP contribution is 2.40. The van der Waals surface area contributed by atoms with Crippen molar-refractivity contribution in [3.8, 4) is 11.5 Å². The molecule has 1 amide bonds. The Labute approximate surface area is 162 Å². The van der Waals surface area contributed by atoms with Crippen LogP contribution in [0.15, 0.2) is 47.4 Å². The highest BCUT2D eigenvalue weighted by molar-refractivity contribution is 7.89. The highest BCUT2D eigenvalue weighted by atomic mass is 35.5. The van der Waals surface area contributed by atoms with E-state index in [1.54, 1.807) is 30.3 Å². The third-order valence-electron chi connectivity index (χ3n) is 3.76. The molecular formula is C18H17ClN2O5S. The Kier molecular flexibility index (Phi) is 5.41. The fourth-order valence-electron chi connectivity index (χ4n) is 2.38. The van der Waals surface area contributed by atoms with Crippen molar-refractivity contribution in [1.29, 1.82) is 0 Å². The summed E-state index contributed by atoms with van der Waals surface area (Å²) in [5.74, 6) is 0.588. The molecule has 1 aliphatic heterocycles. The van der Waals surface area contributed by atoms with Gasteiger partial charge in [0.05, 0.1) is 9.92 Å². The zero-order valence-electron chi connectivity index (χ0n) is 14.6. The quantitative estimate of drug-likeness (QED) is 0.769. The molecule has 1 N–H and O–H groups in total. The molecule has 0 spiro atoms. The summed E-state index contributed by atoms with van der Waals surface area (Å²) in [6, 6.07) is 9.41. The van der Waals surface area contributed by atoms with Crippen LogP contribution in [0.2, 0.25) is 5.02 Å². The number of carbonyl (C=O) groups is 1. The Balaban J connectivity index is 1.73. The van der Waals surface area contributed by atoms with Gasteiger partial charge in [0.15, 0.2) is 11.5 Å². The van der Waals surface area contributed by atoms with E-state index in [0.29, 0.717) is 27.8 Å². The van der Waals surface area contributed by atoms with E-state index in [4.69, 9.17) is 21.1 Å². The first-order valence-electron chi connectivity index (χ1n) is 7.88. The minimum absolute atomic E-state index is 0.0943. The van der Waals surface area contributed by atoms with Gasteiger partial charge in [-0.2, -0.15) is 0 Å². The third kappa shape index (κ3) is 4.24. The van der Waals surface area contributed by atoms with Crippen LogP contribution in [0.1, 0.15) is 5.56 Å². The van der Waals surface area contributed by atoms with Crippen molar-refractivity contribution in [2.24, 2.45) is 0 Å². The summed E-state index contributed by atoms with van der Waals surface area (Å²) in [5.41, 5.74) is 1.04. The predicted octanol–water partition coefficient (Wildman–Crippen LogP) is 2.97. The highest BCUT2D eigenvalue weighted by Gasteiger charge is 2.18. The van der Waals surface area contributed by atoms with Gasteiger partial charge in [0, 0.05) is 25.9 Å². The summed E-state index contributed by atoms with van der Waals surface area (Å²) in [7, 11) is -0.689. The van der Waals surface area contributed by atoms with Crippen LogP contribution in [-0.4, -0.2) is 39.5 Å². The van der Waals surface area contributed by atoms with E-state index in [9.17, 15) is 13.2 Å². The van der Waals surface area contributed by atoms with E-state index < -0.39 is 15.9 Å². The molecule has 0 bridgehead atoms. The number of ether oxygens (including phenoxy) is 2. The molecule has 3 rings (SSSR count). The van der Waals surface area contributed by atoms with Crippen LogP contribution in [0.3, 0.4) is 0 Å².